The Hall–Kier alpha value is -1.46. The van der Waals surface area contributed by atoms with Crippen LogP contribution in [0.15, 0.2) is 17.0 Å². The van der Waals surface area contributed by atoms with E-state index in [0.717, 1.165) is 0 Å². The first-order valence-electron chi connectivity index (χ1n) is 4.96. The molecule has 0 unspecified atom stereocenters. The van der Waals surface area contributed by atoms with Gasteiger partial charge in [-0.3, -0.25) is 14.7 Å². The minimum Gasteiger partial charge on any atom is -0.477 e. The summed E-state index contributed by atoms with van der Waals surface area (Å²) in [7, 11) is 0.0364. The summed E-state index contributed by atoms with van der Waals surface area (Å²) in [5.41, 5.74) is -1.12. The van der Waals surface area contributed by atoms with E-state index in [1.807, 2.05) is 0 Å². The molecule has 0 atom stereocenters. The zero-order valence-corrected chi connectivity index (χ0v) is 11.8. The predicted octanol–water partition coefficient (Wildman–Crippen LogP) is 3.11. The Kier molecular flexibility index (Phi) is 4.25. The van der Waals surface area contributed by atoms with Crippen LogP contribution in [0.2, 0.25) is 0 Å². The van der Waals surface area contributed by atoms with Crippen LogP contribution in [0.3, 0.4) is 0 Å². The van der Waals surface area contributed by atoms with Crippen molar-refractivity contribution in [2.45, 2.75) is 11.1 Å². The maximum Gasteiger partial charge on any atom is 0.422 e. The molecule has 120 valence electrons. The van der Waals surface area contributed by atoms with Crippen LogP contribution in [0.1, 0.15) is 0 Å². The van der Waals surface area contributed by atoms with Crippen molar-refractivity contribution < 1.29 is 36.0 Å². The van der Waals surface area contributed by atoms with E-state index < -0.39 is 48.4 Å². The third kappa shape index (κ3) is 4.79. The number of hydrogen-bond acceptors (Lipinski definition) is 4. The van der Waals surface area contributed by atoms with Crippen LogP contribution in [0.25, 0.3) is 0 Å². The number of nitrogens with zero attached hydrogens (tertiary/aromatic N) is 1. The van der Waals surface area contributed by atoms with Crippen molar-refractivity contribution in [1.82, 2.24) is 0 Å². The van der Waals surface area contributed by atoms with Gasteiger partial charge in [0.05, 0.1) is 4.92 Å². The van der Waals surface area contributed by atoms with Gasteiger partial charge in [0.15, 0.2) is 18.2 Å². The SMILES string of the molecule is CS(=O)(O)(Cl)c1cc([N+](=O)[O-])c(OCC(F)(F)F)cc1F. The molecule has 12 heteroatoms. The molecule has 1 N–H and O–H groups in total. The maximum atomic E-state index is 13.7. The molecule has 0 aromatic heterocycles. The fourth-order valence-corrected chi connectivity index (χ4v) is 2.52. The van der Waals surface area contributed by atoms with Gasteiger partial charge in [-0.1, -0.05) is 8.56 Å². The molecule has 1 rings (SSSR count). The van der Waals surface area contributed by atoms with E-state index in [2.05, 4.69) is 4.74 Å². The largest absolute Gasteiger partial charge is 0.477 e. The van der Waals surface area contributed by atoms with Crippen molar-refractivity contribution in [2.75, 3.05) is 12.9 Å². The van der Waals surface area contributed by atoms with Gasteiger partial charge < -0.3 is 4.74 Å². The Bertz CT molecular complexity index is 645. The van der Waals surface area contributed by atoms with Gasteiger partial charge in [0, 0.05) is 29.1 Å². The van der Waals surface area contributed by atoms with E-state index in [-0.39, 0.29) is 12.1 Å². The Morgan fingerprint density at radius 2 is 2.00 bits per heavy atom. The molecule has 6 nitrogen and oxygen atoms in total. The zero-order chi connectivity index (χ0) is 16.7. The lowest BCUT2D eigenvalue weighted by molar-refractivity contribution is -0.386. The molecule has 0 aliphatic rings. The Morgan fingerprint density at radius 1 is 1.48 bits per heavy atom. The highest BCUT2D eigenvalue weighted by atomic mass is 35.7. The third-order valence-corrected chi connectivity index (χ3v) is 3.89. The molecule has 21 heavy (non-hydrogen) atoms. The minimum atomic E-state index is -5.19. The molecule has 0 heterocycles. The highest BCUT2D eigenvalue weighted by Gasteiger charge is 2.33. The summed E-state index contributed by atoms with van der Waals surface area (Å²) in [4.78, 5) is 8.45. The Morgan fingerprint density at radius 3 is 2.38 bits per heavy atom. The highest BCUT2D eigenvalue weighted by Crippen LogP contribution is 2.41. The van der Waals surface area contributed by atoms with Gasteiger partial charge in [-0.2, -0.15) is 17.4 Å². The summed E-state index contributed by atoms with van der Waals surface area (Å²) < 4.78 is 74.9. The summed E-state index contributed by atoms with van der Waals surface area (Å²) >= 11 is 0. The van der Waals surface area contributed by atoms with Crippen LogP contribution in [-0.4, -0.2) is 32.7 Å². The van der Waals surface area contributed by atoms with Crippen LogP contribution in [0.4, 0.5) is 23.2 Å². The molecule has 1 aromatic carbocycles. The molecular weight excluding hydrogens is 346 g/mol. The van der Waals surface area contributed by atoms with Crippen molar-refractivity contribution in [3.05, 3.63) is 28.1 Å². The van der Waals surface area contributed by atoms with Crippen LogP contribution >= 0.6 is 10.7 Å². The predicted molar refractivity (Wildman–Crippen MR) is 65.4 cm³/mol. The van der Waals surface area contributed by atoms with Crippen LogP contribution in [0.5, 0.6) is 5.75 Å². The number of nitro groups is 1. The molecule has 0 radical (unpaired) electrons. The summed E-state index contributed by atoms with van der Waals surface area (Å²) in [6.07, 6.45) is -4.27. The fraction of sp³-hybridized carbons (Fsp3) is 0.333. The minimum absolute atomic E-state index is 0.203. The first-order chi connectivity index (χ1) is 9.17. The number of rotatable bonds is 4. The van der Waals surface area contributed by atoms with E-state index in [0.29, 0.717) is 6.26 Å². The average molecular weight is 354 g/mol. The van der Waals surface area contributed by atoms with Crippen molar-refractivity contribution in [1.29, 1.82) is 0 Å². The van der Waals surface area contributed by atoms with Gasteiger partial charge in [-0.15, -0.1) is 0 Å². The number of nitro benzene ring substituents is 1. The van der Waals surface area contributed by atoms with Gasteiger partial charge in [0.2, 0.25) is 0 Å². The molecule has 1 aromatic rings. The van der Waals surface area contributed by atoms with Crippen LogP contribution < -0.4 is 4.74 Å². The van der Waals surface area contributed by atoms with Crippen molar-refractivity contribution in [2.24, 2.45) is 0 Å². The van der Waals surface area contributed by atoms with E-state index in [1.165, 1.54) is 0 Å². The standard InChI is InChI=1S/C9H8ClF4NO5S/c1-21(10,18,19)8-3-6(15(16)17)7(2-5(8)11)20-4-9(12,13)14/h2-3H,4H2,1H3,(H,18,19). The number of hydrogen-bond donors (Lipinski definition) is 1. The van der Waals surface area contributed by atoms with E-state index >= 15 is 0 Å². The first-order valence-corrected chi connectivity index (χ1v) is 8.12. The summed E-state index contributed by atoms with van der Waals surface area (Å²) in [6.45, 7) is -1.89. The molecule has 0 fully saturated rings. The molecule has 0 spiro atoms. The lowest BCUT2D eigenvalue weighted by atomic mass is 10.3. The molecule has 0 saturated carbocycles. The van der Waals surface area contributed by atoms with Crippen LogP contribution in [0, 0.1) is 15.9 Å². The number of alkyl halides is 3. The van der Waals surface area contributed by atoms with E-state index in [4.69, 9.17) is 10.7 Å². The van der Waals surface area contributed by atoms with E-state index in [1.54, 1.807) is 0 Å². The van der Waals surface area contributed by atoms with Crippen molar-refractivity contribution in [3.63, 3.8) is 0 Å². The molecule has 0 saturated heterocycles. The van der Waals surface area contributed by atoms with Gasteiger partial charge in [0.1, 0.15) is 4.90 Å². The number of ether oxygens (including phenoxy) is 1. The first kappa shape index (κ1) is 17.6. The Labute approximate surface area is 119 Å². The van der Waals surface area contributed by atoms with Gasteiger partial charge >= 0.3 is 11.9 Å². The Balaban J connectivity index is 3.39. The second-order valence-corrected chi connectivity index (χ2v) is 9.03. The third-order valence-electron chi connectivity index (χ3n) is 2.09. The van der Waals surface area contributed by atoms with Crippen molar-refractivity contribution >= 4 is 24.9 Å². The maximum absolute atomic E-state index is 13.7. The van der Waals surface area contributed by atoms with Gasteiger partial charge in [-0.25, -0.2) is 4.39 Å². The second kappa shape index (κ2) is 5.07. The molecule has 0 bridgehead atoms. The van der Waals surface area contributed by atoms with Crippen LogP contribution in [-0.2, 0) is 8.56 Å². The van der Waals surface area contributed by atoms with Gasteiger partial charge in [-0.05, 0) is 0 Å². The average Bonchev–Trinajstić information content (AvgIpc) is 2.21. The normalized spacial score (nSPS) is 14.3. The molecule has 0 aliphatic carbocycles. The number of benzene rings is 1. The quantitative estimate of drug-likeness (QED) is 0.389. The summed E-state index contributed by atoms with van der Waals surface area (Å²) in [5.74, 6) is -2.54. The zero-order valence-electron chi connectivity index (χ0n) is 10.2. The van der Waals surface area contributed by atoms with Crippen molar-refractivity contribution in [3.8, 4) is 5.75 Å². The number of halogens is 5. The lowest BCUT2D eigenvalue weighted by Crippen LogP contribution is -2.24. The molecule has 0 amide bonds. The molecule has 0 aliphatic heterocycles. The highest BCUT2D eigenvalue weighted by molar-refractivity contribution is 8.33. The fourth-order valence-electron chi connectivity index (χ4n) is 1.29. The smallest absolute Gasteiger partial charge is 0.422 e. The van der Waals surface area contributed by atoms with E-state index in [9.17, 15) is 36.4 Å². The lowest BCUT2D eigenvalue weighted by Gasteiger charge is -2.30. The summed E-state index contributed by atoms with van der Waals surface area (Å²) in [6, 6.07) is 0.470. The topological polar surface area (TPSA) is 89.7 Å². The summed E-state index contributed by atoms with van der Waals surface area (Å²) in [5, 5.41) is 10.7. The molecular formula is C9H8ClF4NO5S. The second-order valence-electron chi connectivity index (χ2n) is 4.08. The monoisotopic (exact) mass is 353 g/mol. The van der Waals surface area contributed by atoms with Gasteiger partial charge in [0.25, 0.3) is 0 Å².